The molecule has 0 bridgehead atoms. The van der Waals surface area contributed by atoms with E-state index in [4.69, 9.17) is 4.74 Å². The number of amides is 1. The van der Waals surface area contributed by atoms with Gasteiger partial charge in [-0.15, -0.1) is 11.3 Å². The van der Waals surface area contributed by atoms with Gasteiger partial charge in [0, 0.05) is 38.0 Å². The number of carbonyl (C=O) groups excluding carboxylic acids is 1. The quantitative estimate of drug-likeness (QED) is 0.823. The molecule has 1 amide bonds. The number of likely N-dealkylation sites (N-methyl/N-ethyl adjacent to an activating group) is 1. The van der Waals surface area contributed by atoms with Crippen LogP contribution in [0, 0.1) is 12.8 Å². The average Bonchev–Trinajstić information content (AvgIpc) is 3.17. The Hall–Kier alpha value is -1.79. The zero-order chi connectivity index (χ0) is 17.4. The molecule has 2 fully saturated rings. The van der Waals surface area contributed by atoms with E-state index in [1.165, 1.54) is 12.8 Å². The predicted octanol–water partition coefficient (Wildman–Crippen LogP) is 3.40. The highest BCUT2D eigenvalue weighted by Gasteiger charge is 2.36. The lowest BCUT2D eigenvalue weighted by molar-refractivity contribution is 0.0518. The van der Waals surface area contributed by atoms with Gasteiger partial charge in [-0.05, 0) is 38.2 Å². The Labute approximate surface area is 152 Å². The summed E-state index contributed by atoms with van der Waals surface area (Å²) in [6.07, 6.45) is 7.93. The molecule has 0 N–H and O–H groups in total. The van der Waals surface area contributed by atoms with Gasteiger partial charge in [0.15, 0.2) is 0 Å². The molecule has 1 aliphatic carbocycles. The minimum absolute atomic E-state index is 0.0325. The third-order valence-corrected chi connectivity index (χ3v) is 6.25. The summed E-state index contributed by atoms with van der Waals surface area (Å²) in [4.78, 5) is 24.5. The Bertz CT molecular complexity index is 757. The van der Waals surface area contributed by atoms with Crippen molar-refractivity contribution in [2.24, 2.45) is 5.92 Å². The highest BCUT2D eigenvalue weighted by molar-refractivity contribution is 7.13. The fraction of sp³-hybridized carbons (Fsp3) is 0.526. The molecule has 0 unspecified atom stereocenters. The molecule has 5 nitrogen and oxygen atoms in total. The second-order valence-electron chi connectivity index (χ2n) is 7.02. The summed E-state index contributed by atoms with van der Waals surface area (Å²) in [6.45, 7) is 2.61. The maximum absolute atomic E-state index is 13.1. The van der Waals surface area contributed by atoms with Crippen LogP contribution >= 0.6 is 11.3 Å². The number of nitrogens with zero attached hydrogens (tertiary/aromatic N) is 3. The molecule has 2 aliphatic rings. The van der Waals surface area contributed by atoms with Crippen LogP contribution in [0.25, 0.3) is 0 Å². The molecular weight excluding hydrogens is 334 g/mol. The van der Waals surface area contributed by atoms with Gasteiger partial charge in [0.05, 0.1) is 16.7 Å². The average molecular weight is 357 g/mol. The van der Waals surface area contributed by atoms with E-state index in [-0.39, 0.29) is 18.1 Å². The minimum atomic E-state index is -0.109. The maximum atomic E-state index is 13.1. The summed E-state index contributed by atoms with van der Waals surface area (Å²) < 4.78 is 5.91. The van der Waals surface area contributed by atoms with Gasteiger partial charge in [0.25, 0.3) is 5.91 Å². The molecule has 4 rings (SSSR count). The molecule has 2 aromatic rings. The molecule has 0 aromatic carbocycles. The van der Waals surface area contributed by atoms with Crippen molar-refractivity contribution in [2.45, 2.75) is 44.8 Å². The Balaban J connectivity index is 1.52. The summed E-state index contributed by atoms with van der Waals surface area (Å²) in [5.41, 5.74) is 1.88. The molecule has 1 saturated heterocycles. The molecule has 132 valence electrons. The number of thiazole rings is 1. The van der Waals surface area contributed by atoms with E-state index in [9.17, 15) is 4.79 Å². The Morgan fingerprint density at radius 2 is 2.24 bits per heavy atom. The molecule has 2 atom stereocenters. The first-order chi connectivity index (χ1) is 12.1. The van der Waals surface area contributed by atoms with Gasteiger partial charge in [-0.1, -0.05) is 6.07 Å². The summed E-state index contributed by atoms with van der Waals surface area (Å²) in [5, 5.41) is 1.10. The van der Waals surface area contributed by atoms with Crippen LogP contribution in [-0.4, -0.2) is 40.5 Å². The number of hydrogen-bond acceptors (Lipinski definition) is 5. The van der Waals surface area contributed by atoms with Crippen molar-refractivity contribution >= 4 is 17.2 Å². The fourth-order valence-electron chi connectivity index (χ4n) is 3.46. The van der Waals surface area contributed by atoms with E-state index >= 15 is 0 Å². The summed E-state index contributed by atoms with van der Waals surface area (Å²) in [6, 6.07) is 3.96. The first kappa shape index (κ1) is 16.7. The zero-order valence-corrected chi connectivity index (χ0v) is 15.5. The first-order valence-corrected chi connectivity index (χ1v) is 9.70. The summed E-state index contributed by atoms with van der Waals surface area (Å²) in [5.74, 6) is 0.839. The van der Waals surface area contributed by atoms with Crippen molar-refractivity contribution in [1.82, 2.24) is 14.9 Å². The molecular formula is C19H23N3O2S. The van der Waals surface area contributed by atoms with Crippen molar-refractivity contribution in [3.8, 4) is 0 Å². The third-order valence-electron chi connectivity index (χ3n) is 5.09. The van der Waals surface area contributed by atoms with Gasteiger partial charge in [-0.3, -0.25) is 9.78 Å². The topological polar surface area (TPSA) is 55.3 Å². The maximum Gasteiger partial charge on any atom is 0.265 e. The number of aromatic nitrogens is 2. The van der Waals surface area contributed by atoms with Crippen LogP contribution in [0.15, 0.2) is 24.5 Å². The van der Waals surface area contributed by atoms with Crippen molar-refractivity contribution in [1.29, 1.82) is 0 Å². The Kier molecular flexibility index (Phi) is 4.56. The Morgan fingerprint density at radius 1 is 1.40 bits per heavy atom. The van der Waals surface area contributed by atoms with Crippen LogP contribution in [-0.2, 0) is 11.2 Å². The number of ether oxygens (including phenoxy) is 1. The van der Waals surface area contributed by atoms with Crippen LogP contribution in [0.4, 0.5) is 0 Å². The van der Waals surface area contributed by atoms with Gasteiger partial charge in [0.1, 0.15) is 11.0 Å². The van der Waals surface area contributed by atoms with E-state index in [1.54, 1.807) is 17.5 Å². The Morgan fingerprint density at radius 3 is 2.96 bits per heavy atom. The molecule has 2 aromatic heterocycles. The minimum Gasteiger partial charge on any atom is -0.371 e. The predicted molar refractivity (Wildman–Crippen MR) is 96.7 cm³/mol. The lowest BCUT2D eigenvalue weighted by Gasteiger charge is -2.28. The number of hydrogen-bond donors (Lipinski definition) is 0. The third kappa shape index (κ3) is 3.46. The van der Waals surface area contributed by atoms with Crippen LogP contribution in [0.5, 0.6) is 0 Å². The van der Waals surface area contributed by atoms with Gasteiger partial charge >= 0.3 is 0 Å². The standard InChI is InChI=1S/C19H23N3O2S/c1-12-18(25-16(21-12)10-13-5-6-13)19(23)22(2)15-7-9-24-17(15)14-4-3-8-20-11-14/h3-4,8,11,13,15,17H,5-7,9-10H2,1-2H3/t15-,17+/m0/s1. The number of carbonyl (C=O) groups is 1. The van der Waals surface area contributed by atoms with E-state index in [1.807, 2.05) is 37.2 Å². The van der Waals surface area contributed by atoms with Gasteiger partial charge < -0.3 is 9.64 Å². The summed E-state index contributed by atoms with van der Waals surface area (Å²) >= 11 is 1.56. The molecule has 1 saturated carbocycles. The van der Waals surface area contributed by atoms with Crippen LogP contribution in [0.3, 0.4) is 0 Å². The van der Waals surface area contributed by atoms with Crippen molar-refractivity contribution in [2.75, 3.05) is 13.7 Å². The lowest BCUT2D eigenvalue weighted by Crippen LogP contribution is -2.38. The van der Waals surface area contributed by atoms with Crippen LogP contribution < -0.4 is 0 Å². The van der Waals surface area contributed by atoms with E-state index in [0.29, 0.717) is 6.61 Å². The smallest absolute Gasteiger partial charge is 0.265 e. The fourth-order valence-corrected chi connectivity index (χ4v) is 4.62. The van der Waals surface area contributed by atoms with Gasteiger partial charge in [-0.2, -0.15) is 0 Å². The van der Waals surface area contributed by atoms with Crippen molar-refractivity contribution in [3.05, 3.63) is 45.7 Å². The van der Waals surface area contributed by atoms with Gasteiger partial charge in [-0.25, -0.2) is 4.98 Å². The second kappa shape index (κ2) is 6.84. The molecule has 3 heterocycles. The highest BCUT2D eigenvalue weighted by Crippen LogP contribution is 2.36. The van der Waals surface area contributed by atoms with Crippen molar-refractivity contribution < 1.29 is 9.53 Å². The SMILES string of the molecule is Cc1nc(CC2CC2)sc1C(=O)N(C)[C@H]1CCO[C@@H]1c1cccnc1. The molecule has 6 heteroatoms. The molecule has 1 aliphatic heterocycles. The number of rotatable bonds is 5. The zero-order valence-electron chi connectivity index (χ0n) is 14.6. The lowest BCUT2D eigenvalue weighted by atomic mass is 10.0. The largest absolute Gasteiger partial charge is 0.371 e. The summed E-state index contributed by atoms with van der Waals surface area (Å²) in [7, 11) is 1.88. The normalized spacial score (nSPS) is 23.0. The van der Waals surface area contributed by atoms with E-state index < -0.39 is 0 Å². The van der Waals surface area contributed by atoms with E-state index in [2.05, 4.69) is 9.97 Å². The number of pyridine rings is 1. The van der Waals surface area contributed by atoms with E-state index in [0.717, 1.165) is 39.9 Å². The van der Waals surface area contributed by atoms with Crippen molar-refractivity contribution in [3.63, 3.8) is 0 Å². The first-order valence-electron chi connectivity index (χ1n) is 8.88. The molecule has 25 heavy (non-hydrogen) atoms. The molecule has 0 spiro atoms. The van der Waals surface area contributed by atoms with Crippen LogP contribution in [0.1, 0.15) is 51.3 Å². The highest BCUT2D eigenvalue weighted by atomic mass is 32.1. The second-order valence-corrected chi connectivity index (χ2v) is 8.10. The molecule has 0 radical (unpaired) electrons. The van der Waals surface area contributed by atoms with Crippen LogP contribution in [0.2, 0.25) is 0 Å². The number of aryl methyl sites for hydroxylation is 1. The van der Waals surface area contributed by atoms with Gasteiger partial charge in [0.2, 0.25) is 0 Å². The monoisotopic (exact) mass is 357 g/mol.